The van der Waals surface area contributed by atoms with Crippen molar-refractivity contribution in [1.29, 1.82) is 0 Å². The second-order valence-corrected chi connectivity index (χ2v) is 17.3. The Bertz CT molecular complexity index is 2760. The fraction of sp³-hybridized carbons (Fsp3) is 0.160. The summed E-state index contributed by atoms with van der Waals surface area (Å²) in [6.45, 7) is 4.99. The summed E-state index contributed by atoms with van der Waals surface area (Å²) in [7, 11) is 0. The van der Waals surface area contributed by atoms with E-state index in [4.69, 9.17) is 16.3 Å². The maximum atomic E-state index is 13.4. The van der Waals surface area contributed by atoms with Crippen molar-refractivity contribution in [3.05, 3.63) is 184 Å². The molecule has 16 heteroatoms. The molecule has 6 N–H and O–H groups in total. The van der Waals surface area contributed by atoms with Gasteiger partial charge in [0, 0.05) is 47.3 Å². The number of aromatic hydroxyl groups is 3. The molecule has 0 spiro atoms. The lowest BCUT2D eigenvalue weighted by Crippen LogP contribution is -2.36. The maximum Gasteiger partial charge on any atom is 0.174 e. The van der Waals surface area contributed by atoms with Gasteiger partial charge in [0.15, 0.2) is 34.7 Å². The number of hydrogen-bond donors (Lipinski definition) is 6. The fourth-order valence-corrected chi connectivity index (χ4v) is 8.99. The number of anilines is 4. The minimum absolute atomic E-state index is 0.341. The number of morpholine rings is 1. The van der Waals surface area contributed by atoms with E-state index in [1.54, 1.807) is 59.5 Å². The van der Waals surface area contributed by atoms with Gasteiger partial charge in [-0.2, -0.15) is 0 Å². The average molecular weight is 952 g/mol. The molecule has 0 bridgehead atoms. The zero-order valence-corrected chi connectivity index (χ0v) is 37.8. The quantitative estimate of drug-likeness (QED) is 0.0625. The van der Waals surface area contributed by atoms with Crippen LogP contribution in [0.1, 0.15) is 16.7 Å². The molecule has 0 amide bonds. The molecule has 3 heterocycles. The number of benzene rings is 6. The van der Waals surface area contributed by atoms with E-state index in [9.17, 15) is 28.5 Å². The van der Waals surface area contributed by atoms with Crippen LogP contribution in [-0.2, 0) is 17.8 Å². The summed E-state index contributed by atoms with van der Waals surface area (Å²) in [5.74, 6) is -2.97. The highest BCUT2D eigenvalue weighted by Gasteiger charge is 2.18. The first kappa shape index (κ1) is 47.3. The van der Waals surface area contributed by atoms with Gasteiger partial charge in [-0.1, -0.05) is 90.1 Å². The number of thiophene rings is 1. The Kier molecular flexibility index (Phi) is 16.9. The number of nitrogens with zero attached hydrogens (tertiary/aromatic N) is 3. The van der Waals surface area contributed by atoms with E-state index in [1.807, 2.05) is 84.2 Å². The lowest BCUT2D eigenvalue weighted by molar-refractivity contribution is 0.122. The number of aliphatic imine (C=N–C) groups is 2. The molecule has 10 nitrogen and oxygen atoms in total. The van der Waals surface area contributed by atoms with Gasteiger partial charge in [0.25, 0.3) is 0 Å². The fourth-order valence-electron chi connectivity index (χ4n) is 6.81. The molecular weight excluding hydrogens is 905 g/mol. The standard InChI is InChI=1S/C17H13ClFNOS2.C17H19FN2O2.C16H14FN3O/c18-12-4-6-13(7-5-12)23-17-11(8-9-22-17)10-20-15-3-1-2-14(19)16(15)21;18-14-5-3-6-15(17(14)21)19-12-13-4-1-2-7-16(13)20-8-10-22-11-9-20;17-12-7-4-8-13(16(12)21)18-9-14-15(20-10-19-14)11-5-2-1-3-6-11/h1-9,20-21H,10H2;1-7,19,21H,8-12H2;1-8,18,21H,9-10H2. The number of rotatable bonds is 13. The van der Waals surface area contributed by atoms with Gasteiger partial charge >= 0.3 is 0 Å². The Labute approximate surface area is 394 Å². The van der Waals surface area contributed by atoms with Gasteiger partial charge in [-0.3, -0.25) is 9.98 Å². The van der Waals surface area contributed by atoms with Gasteiger partial charge in [-0.25, -0.2) is 13.2 Å². The smallest absolute Gasteiger partial charge is 0.174 e. The van der Waals surface area contributed by atoms with Crippen LogP contribution < -0.4 is 20.9 Å². The van der Waals surface area contributed by atoms with Gasteiger partial charge in [0.1, 0.15) is 6.67 Å². The molecule has 1 fully saturated rings. The Morgan fingerprint density at radius 2 is 1.15 bits per heavy atom. The van der Waals surface area contributed by atoms with Crippen LogP contribution >= 0.6 is 34.7 Å². The number of phenolic OH excluding ortho intramolecular Hbond substituents is 3. The highest BCUT2D eigenvalue weighted by atomic mass is 35.5. The Hall–Kier alpha value is -6.65. The Balaban J connectivity index is 0.000000147. The molecule has 7 aromatic rings. The summed E-state index contributed by atoms with van der Waals surface area (Å²) in [5, 5.41) is 41.0. The molecular formula is C50H46ClF3N6O4S2. The van der Waals surface area contributed by atoms with Crippen molar-refractivity contribution in [2.45, 2.75) is 22.2 Å². The minimum Gasteiger partial charge on any atom is -0.503 e. The van der Waals surface area contributed by atoms with Crippen molar-refractivity contribution >= 4 is 68.9 Å². The van der Waals surface area contributed by atoms with Crippen LogP contribution in [0.4, 0.5) is 35.9 Å². The first-order valence-corrected chi connectivity index (χ1v) is 22.9. The number of hydrogen-bond acceptors (Lipinski definition) is 12. The zero-order chi connectivity index (χ0) is 46.3. The van der Waals surface area contributed by atoms with E-state index < -0.39 is 17.5 Å². The summed E-state index contributed by atoms with van der Waals surface area (Å²) >= 11 is 9.20. The molecule has 2 aliphatic rings. The molecule has 9 rings (SSSR count). The van der Waals surface area contributed by atoms with Crippen molar-refractivity contribution in [2.24, 2.45) is 9.98 Å². The predicted molar refractivity (Wildman–Crippen MR) is 262 cm³/mol. The first-order valence-electron chi connectivity index (χ1n) is 20.8. The summed E-state index contributed by atoms with van der Waals surface area (Å²) in [4.78, 5) is 12.1. The predicted octanol–water partition coefficient (Wildman–Crippen LogP) is 11.8. The topological polar surface area (TPSA) is 134 Å². The van der Waals surface area contributed by atoms with Gasteiger partial charge in [-0.15, -0.1) is 11.3 Å². The molecule has 1 saturated heterocycles. The van der Waals surface area contributed by atoms with Crippen LogP contribution in [0.15, 0.2) is 164 Å². The van der Waals surface area contributed by atoms with E-state index in [0.29, 0.717) is 48.4 Å². The first-order chi connectivity index (χ1) is 32.1. The lowest BCUT2D eigenvalue weighted by Gasteiger charge is -2.30. The molecule has 66 heavy (non-hydrogen) atoms. The lowest BCUT2D eigenvalue weighted by atomic mass is 10.1. The molecule has 1 aromatic heterocycles. The average Bonchev–Trinajstić information content (AvgIpc) is 4.02. The molecule has 6 aromatic carbocycles. The third-order valence-corrected chi connectivity index (χ3v) is 12.7. The van der Waals surface area contributed by atoms with Gasteiger partial charge < -0.3 is 40.9 Å². The van der Waals surface area contributed by atoms with Crippen LogP contribution in [0.3, 0.4) is 0 Å². The number of phenols is 3. The second kappa shape index (κ2) is 23.5. The van der Waals surface area contributed by atoms with Gasteiger partial charge in [0.2, 0.25) is 0 Å². The van der Waals surface area contributed by atoms with E-state index in [0.717, 1.165) is 69.2 Å². The van der Waals surface area contributed by atoms with Crippen molar-refractivity contribution in [3.8, 4) is 17.2 Å². The van der Waals surface area contributed by atoms with Crippen LogP contribution in [0.2, 0.25) is 5.02 Å². The largest absolute Gasteiger partial charge is 0.503 e. The summed E-state index contributed by atoms with van der Waals surface area (Å²) in [5.41, 5.74) is 7.11. The number of halogens is 4. The van der Waals surface area contributed by atoms with E-state index in [1.165, 1.54) is 18.2 Å². The highest BCUT2D eigenvalue weighted by Crippen LogP contribution is 2.36. The Morgan fingerprint density at radius 3 is 1.76 bits per heavy atom. The molecule has 0 aliphatic carbocycles. The van der Waals surface area contributed by atoms with Crippen molar-refractivity contribution in [3.63, 3.8) is 0 Å². The number of ether oxygens (including phenoxy) is 1. The van der Waals surface area contributed by atoms with Gasteiger partial charge in [0.05, 0.1) is 52.5 Å². The third-order valence-electron chi connectivity index (χ3n) is 10.2. The van der Waals surface area contributed by atoms with Gasteiger partial charge in [-0.05, 0) is 89.3 Å². The summed E-state index contributed by atoms with van der Waals surface area (Å²) in [6.07, 6.45) is 0. The highest BCUT2D eigenvalue weighted by molar-refractivity contribution is 8.01. The third kappa shape index (κ3) is 12.8. The van der Waals surface area contributed by atoms with E-state index in [-0.39, 0.29) is 17.2 Å². The zero-order valence-electron chi connectivity index (χ0n) is 35.4. The Morgan fingerprint density at radius 1 is 0.606 bits per heavy atom. The molecule has 0 unspecified atom stereocenters. The van der Waals surface area contributed by atoms with Crippen molar-refractivity contribution in [2.75, 3.05) is 60.4 Å². The van der Waals surface area contributed by atoms with E-state index >= 15 is 0 Å². The number of para-hydroxylation sites is 4. The maximum absolute atomic E-state index is 13.4. The second-order valence-electron chi connectivity index (χ2n) is 14.6. The molecule has 340 valence electrons. The minimum atomic E-state index is -0.648. The summed E-state index contributed by atoms with van der Waals surface area (Å²) < 4.78 is 46.5. The monoisotopic (exact) mass is 950 g/mol. The molecule has 0 radical (unpaired) electrons. The molecule has 0 atom stereocenters. The van der Waals surface area contributed by atoms with Crippen molar-refractivity contribution < 1.29 is 33.2 Å². The normalized spacial score (nSPS) is 13.1. The van der Waals surface area contributed by atoms with Crippen LogP contribution in [0.25, 0.3) is 0 Å². The van der Waals surface area contributed by atoms with E-state index in [2.05, 4.69) is 36.9 Å². The van der Waals surface area contributed by atoms with Crippen LogP contribution in [0, 0.1) is 17.5 Å². The molecule has 2 aliphatic heterocycles. The number of nitrogens with one attached hydrogen (secondary N) is 3. The van der Waals surface area contributed by atoms with Crippen molar-refractivity contribution in [1.82, 2.24) is 0 Å². The SMILES string of the molecule is Oc1c(F)cccc1NCC1=NCN=C1c1ccccc1.Oc1c(F)cccc1NCc1ccccc1N1CCOCC1.Oc1c(F)cccc1NCc1ccsc1Sc1ccc(Cl)cc1. The van der Waals surface area contributed by atoms with Crippen LogP contribution in [0.5, 0.6) is 17.2 Å². The molecule has 0 saturated carbocycles. The van der Waals surface area contributed by atoms with Crippen LogP contribution in [-0.4, -0.2) is 66.3 Å². The summed E-state index contributed by atoms with van der Waals surface area (Å²) in [6, 6.07) is 40.9.